The molecule has 0 amide bonds. The van der Waals surface area contributed by atoms with E-state index in [1.54, 1.807) is 6.20 Å². The number of rotatable bonds is 8. The van der Waals surface area contributed by atoms with Crippen molar-refractivity contribution >= 4 is 154 Å². The molecule has 0 aliphatic heterocycles. The summed E-state index contributed by atoms with van der Waals surface area (Å²) in [5, 5.41) is 8.15. The van der Waals surface area contributed by atoms with Gasteiger partial charge >= 0.3 is 0 Å². The van der Waals surface area contributed by atoms with Crippen molar-refractivity contribution < 1.29 is 17.7 Å². The number of anilines is 6. The van der Waals surface area contributed by atoms with Gasteiger partial charge in [0.1, 0.15) is 44.5 Å². The van der Waals surface area contributed by atoms with Crippen molar-refractivity contribution in [3.8, 4) is 11.3 Å². The van der Waals surface area contributed by atoms with E-state index in [0.29, 0.717) is 17.1 Å². The smallest absolute Gasteiger partial charge is 0.153 e. The number of benzene rings is 7. The first-order chi connectivity index (χ1) is 40.6. The van der Waals surface area contributed by atoms with Crippen LogP contribution in [0.15, 0.2) is 219 Å². The highest BCUT2D eigenvalue weighted by Gasteiger charge is 2.84. The molecule has 0 bridgehead atoms. The molecule has 82 heavy (non-hydrogen) atoms. The van der Waals surface area contributed by atoms with Crippen LogP contribution in [0.4, 0.5) is 34.1 Å². The molecule has 4 aliphatic carbocycles. The number of fused-ring (bicyclic) bond motifs is 15. The molecular weight excluding hydrogens is 1030 g/mol. The lowest BCUT2D eigenvalue weighted by molar-refractivity contribution is -0.390. The first kappa shape index (κ1) is 44.0. The number of hydrogen-bond donors (Lipinski definition) is 0. The van der Waals surface area contributed by atoms with Gasteiger partial charge in [-0.2, -0.15) is 0 Å². The van der Waals surface area contributed by atoms with E-state index in [1.165, 1.54) is 45.0 Å². The van der Waals surface area contributed by atoms with Crippen LogP contribution in [0.25, 0.3) is 119 Å². The van der Waals surface area contributed by atoms with Gasteiger partial charge in [0.25, 0.3) is 0 Å². The maximum atomic E-state index is 6.87. The fraction of sp³-hybridized carbons (Fsp3) is 0.127. The summed E-state index contributed by atoms with van der Waals surface area (Å²) in [6.45, 7) is 0. The van der Waals surface area contributed by atoms with Gasteiger partial charge < -0.3 is 27.5 Å². The second-order valence-corrected chi connectivity index (χ2v) is 24.4. The van der Waals surface area contributed by atoms with Gasteiger partial charge in [0.05, 0.1) is 11.3 Å². The van der Waals surface area contributed by atoms with Gasteiger partial charge in [-0.3, -0.25) is 15.0 Å². The summed E-state index contributed by atoms with van der Waals surface area (Å²) in [6, 6.07) is 60.4. The molecule has 9 heterocycles. The summed E-state index contributed by atoms with van der Waals surface area (Å²) in [6.07, 6.45) is 13.6. The maximum Gasteiger partial charge on any atom is 0.153 e. The molecule has 20 rings (SSSR count). The number of pyridine rings is 4. The van der Waals surface area contributed by atoms with Gasteiger partial charge in [0, 0.05) is 118 Å². The summed E-state index contributed by atoms with van der Waals surface area (Å²) in [7, 11) is 0. The molecule has 388 valence electrons. The molecule has 4 atom stereocenters. The third kappa shape index (κ3) is 5.77. The van der Waals surface area contributed by atoms with E-state index in [0.717, 1.165) is 151 Å². The quantitative estimate of drug-likeness (QED) is 0.146. The number of furan rings is 4. The lowest BCUT2D eigenvalue weighted by Gasteiger charge is -2.89. The van der Waals surface area contributed by atoms with Crippen molar-refractivity contribution in [1.82, 2.24) is 19.9 Å². The van der Waals surface area contributed by atoms with Gasteiger partial charge in [-0.05, 0) is 199 Å². The monoisotopic (exact) mass is 1080 g/mol. The van der Waals surface area contributed by atoms with Crippen LogP contribution in [0, 0.1) is 29.1 Å². The molecule has 10 nitrogen and oxygen atoms in total. The Kier molecular flexibility index (Phi) is 8.44. The van der Waals surface area contributed by atoms with E-state index in [9.17, 15) is 0 Å². The molecule has 4 aliphatic rings. The Morgan fingerprint density at radius 3 is 1.74 bits per heavy atom. The number of thiophene rings is 1. The van der Waals surface area contributed by atoms with Crippen LogP contribution in [0.3, 0.4) is 0 Å². The number of hydrogen-bond acceptors (Lipinski definition) is 11. The second kappa shape index (κ2) is 15.7. The maximum absolute atomic E-state index is 6.87. The summed E-state index contributed by atoms with van der Waals surface area (Å²) in [5.74, 6) is 4.47. The van der Waals surface area contributed by atoms with E-state index >= 15 is 0 Å². The van der Waals surface area contributed by atoms with Crippen molar-refractivity contribution in [3.63, 3.8) is 0 Å². The van der Waals surface area contributed by atoms with Crippen molar-refractivity contribution in [2.24, 2.45) is 29.1 Å². The normalized spacial score (nSPS) is 20.7. The van der Waals surface area contributed by atoms with Crippen LogP contribution in [0.5, 0.6) is 0 Å². The van der Waals surface area contributed by atoms with Crippen molar-refractivity contribution in [2.75, 3.05) is 9.80 Å². The predicted octanol–water partition coefficient (Wildman–Crippen LogP) is 19.6. The zero-order valence-corrected chi connectivity index (χ0v) is 44.6. The predicted molar refractivity (Wildman–Crippen MR) is 327 cm³/mol. The Morgan fingerprint density at radius 2 is 0.988 bits per heavy atom. The Hall–Kier alpha value is -9.84. The standard InChI is InChI=1S/C71H44N6O4S/c1-2-6-65-46(4-1)49-31-45(15-22-66(49)82-65)77(41-11-17-58-47(29-41)52-34-72-25-23-62(52)78-58)42-12-18-59-48(30-42)53-35-73-36-54(70(53)81-59)57-16-21-64-69(75-57)51-33-44(14-20-61(51)80-64)76(43-13-19-60-50(32-43)68-63(79-60)5-3-24-74-68)40-9-7-37(8-10-40)67-55-27-38-26-39-28-56(67)71(38,39)55/h1-25,29-36,38-39,55-56,67H,26-28H2. The van der Waals surface area contributed by atoms with Crippen LogP contribution < -0.4 is 9.80 Å². The molecule has 7 aromatic carbocycles. The van der Waals surface area contributed by atoms with Gasteiger partial charge in [0.2, 0.25) is 0 Å². The minimum atomic E-state index is 0.695. The molecule has 0 N–H and O–H groups in total. The van der Waals surface area contributed by atoms with E-state index in [1.807, 2.05) is 66.5 Å². The Bertz CT molecular complexity index is 5300. The molecule has 0 saturated heterocycles. The van der Waals surface area contributed by atoms with Crippen molar-refractivity contribution in [1.29, 1.82) is 0 Å². The Balaban J connectivity index is 0.704. The molecule has 1 spiro atoms. The van der Waals surface area contributed by atoms with Crippen LogP contribution in [-0.2, 0) is 0 Å². The first-order valence-corrected chi connectivity index (χ1v) is 29.2. The zero-order valence-electron chi connectivity index (χ0n) is 43.8. The molecule has 9 aromatic heterocycles. The van der Waals surface area contributed by atoms with Crippen molar-refractivity contribution in [2.45, 2.75) is 25.2 Å². The third-order valence-corrected chi connectivity index (χ3v) is 20.9. The average molecular weight is 1080 g/mol. The highest BCUT2D eigenvalue weighted by Crippen LogP contribution is 2.91. The van der Waals surface area contributed by atoms with Crippen LogP contribution in [0.2, 0.25) is 0 Å². The number of nitrogens with zero attached hydrogens (tertiary/aromatic N) is 6. The second-order valence-electron chi connectivity index (χ2n) is 23.3. The van der Waals surface area contributed by atoms with Crippen LogP contribution in [0.1, 0.15) is 30.7 Å². The van der Waals surface area contributed by atoms with Gasteiger partial charge in [0.15, 0.2) is 11.2 Å². The molecule has 4 unspecified atom stereocenters. The summed E-state index contributed by atoms with van der Waals surface area (Å²) < 4.78 is 28.5. The SMILES string of the molecule is c1cnc2c(c1)oc1ccc(N(c3ccc(C4C5CC6CC7CC4C675)cc3)c3ccc4oc5ccc(-c6cncc7c6oc6ccc(N(c8ccc9oc%10ccncc%10c9c8)c8ccc9sc%10ccccc%10c9c8)cc67)nc5c4c3)cc12. The highest BCUT2D eigenvalue weighted by atomic mass is 32.1. The zero-order chi connectivity index (χ0) is 53.1. The molecule has 16 aromatic rings. The van der Waals surface area contributed by atoms with E-state index in [2.05, 4.69) is 154 Å². The van der Waals surface area contributed by atoms with E-state index in [4.69, 9.17) is 32.6 Å². The lowest BCUT2D eigenvalue weighted by atomic mass is 9.15. The summed E-state index contributed by atoms with van der Waals surface area (Å²) in [4.78, 5) is 24.2. The Morgan fingerprint density at radius 1 is 0.415 bits per heavy atom. The lowest BCUT2D eigenvalue weighted by Crippen LogP contribution is -2.82. The minimum absolute atomic E-state index is 0.695. The fourth-order valence-electron chi connectivity index (χ4n) is 16.2. The minimum Gasteiger partial charge on any atom is -0.456 e. The van der Waals surface area contributed by atoms with Gasteiger partial charge in [-0.15, -0.1) is 11.3 Å². The summed E-state index contributed by atoms with van der Waals surface area (Å²) in [5.41, 5.74) is 17.5. The largest absolute Gasteiger partial charge is 0.456 e. The van der Waals surface area contributed by atoms with E-state index in [-0.39, 0.29) is 0 Å². The topological polar surface area (TPSA) is 111 Å². The van der Waals surface area contributed by atoms with Crippen LogP contribution in [-0.4, -0.2) is 19.9 Å². The molecule has 0 radical (unpaired) electrons. The van der Waals surface area contributed by atoms with Gasteiger partial charge in [-0.25, -0.2) is 4.98 Å². The molecule has 4 fully saturated rings. The van der Waals surface area contributed by atoms with Crippen molar-refractivity contribution in [3.05, 3.63) is 206 Å². The van der Waals surface area contributed by atoms with Gasteiger partial charge in [-0.1, -0.05) is 30.3 Å². The highest BCUT2D eigenvalue weighted by molar-refractivity contribution is 7.25. The average Bonchev–Trinajstić information content (AvgIpc) is 0.784. The number of aromatic nitrogens is 4. The molecular formula is C71H44N6O4S. The van der Waals surface area contributed by atoms with Crippen LogP contribution >= 0.6 is 11.3 Å². The summed E-state index contributed by atoms with van der Waals surface area (Å²) >= 11 is 1.82. The first-order valence-electron chi connectivity index (χ1n) is 28.3. The molecule has 4 saturated carbocycles. The Labute approximate surface area is 470 Å². The van der Waals surface area contributed by atoms with E-state index < -0.39 is 0 Å². The third-order valence-electron chi connectivity index (χ3n) is 19.8. The fourth-order valence-corrected chi connectivity index (χ4v) is 17.3. The molecule has 11 heteroatoms.